The van der Waals surface area contributed by atoms with Crippen LogP contribution in [0.25, 0.3) is 22.6 Å². The third-order valence-corrected chi connectivity index (χ3v) is 5.19. The average Bonchev–Trinajstić information content (AvgIpc) is 3.18. The maximum absolute atomic E-state index is 12.2. The molecular formula is C25H23N3O3S. The van der Waals surface area contributed by atoms with Crippen LogP contribution in [-0.4, -0.2) is 22.6 Å². The fraction of sp³-hybridized carbons (Fsp3) is 0.160. The van der Waals surface area contributed by atoms with Crippen molar-refractivity contribution in [3.63, 3.8) is 0 Å². The summed E-state index contributed by atoms with van der Waals surface area (Å²) in [6.07, 6.45) is 0. The van der Waals surface area contributed by atoms with Gasteiger partial charge in [0.05, 0.1) is 0 Å². The van der Waals surface area contributed by atoms with Gasteiger partial charge >= 0.3 is 0 Å². The molecule has 0 unspecified atom stereocenters. The molecule has 0 bridgehead atoms. The average molecular weight is 446 g/mol. The Morgan fingerprint density at radius 2 is 1.84 bits per heavy atom. The highest BCUT2D eigenvalue weighted by Crippen LogP contribution is 2.28. The highest BCUT2D eigenvalue weighted by Gasteiger charge is 2.12. The van der Waals surface area contributed by atoms with E-state index in [1.165, 1.54) is 0 Å². The molecule has 0 aliphatic heterocycles. The number of nitrogens with one attached hydrogen (secondary N) is 2. The molecule has 1 heterocycles. The Kier molecular flexibility index (Phi) is 6.18. The number of aromatic nitrogens is 1. The lowest BCUT2D eigenvalue weighted by Crippen LogP contribution is -2.37. The van der Waals surface area contributed by atoms with Crippen LogP contribution in [-0.2, 0) is 4.79 Å². The van der Waals surface area contributed by atoms with E-state index in [9.17, 15) is 4.79 Å². The molecule has 2 N–H and O–H groups in total. The molecule has 3 aromatic carbocycles. The van der Waals surface area contributed by atoms with Gasteiger partial charge in [-0.15, -0.1) is 0 Å². The Morgan fingerprint density at radius 3 is 2.66 bits per heavy atom. The lowest BCUT2D eigenvalue weighted by Gasteiger charge is -2.13. The number of carbonyl (C=O) groups is 1. The van der Waals surface area contributed by atoms with E-state index in [1.807, 2.05) is 81.4 Å². The minimum absolute atomic E-state index is 0.131. The van der Waals surface area contributed by atoms with E-state index < -0.39 is 0 Å². The minimum Gasteiger partial charge on any atom is -0.483 e. The molecule has 0 spiro atoms. The highest BCUT2D eigenvalue weighted by atomic mass is 32.1. The standard InChI is InChI=1S/C25H23N3O3S/c1-15-8-11-22-20(12-15)26-24(31-22)18-10-9-16(2)19(13-18)27-25(32)28-23(29)14-30-21-7-5-4-6-17(21)3/h4-13H,14H2,1-3H3,(H2,27,28,29,32). The van der Waals surface area contributed by atoms with Gasteiger partial charge in [-0.3, -0.25) is 10.1 Å². The number of nitrogens with zero attached hydrogens (tertiary/aromatic N) is 1. The fourth-order valence-corrected chi connectivity index (χ4v) is 3.45. The van der Waals surface area contributed by atoms with Crippen LogP contribution in [0.4, 0.5) is 5.69 Å². The second kappa shape index (κ2) is 9.20. The second-order valence-corrected chi connectivity index (χ2v) is 7.98. The normalized spacial score (nSPS) is 10.7. The largest absolute Gasteiger partial charge is 0.483 e. The number of para-hydroxylation sites is 1. The summed E-state index contributed by atoms with van der Waals surface area (Å²) in [7, 11) is 0. The van der Waals surface area contributed by atoms with E-state index in [2.05, 4.69) is 15.6 Å². The van der Waals surface area contributed by atoms with Gasteiger partial charge in [-0.2, -0.15) is 0 Å². The molecule has 0 saturated heterocycles. The first kappa shape index (κ1) is 21.5. The molecule has 7 heteroatoms. The molecule has 0 atom stereocenters. The SMILES string of the molecule is Cc1ccc2oc(-c3ccc(C)c(NC(=S)NC(=O)COc4ccccc4C)c3)nc2c1. The summed E-state index contributed by atoms with van der Waals surface area (Å²) in [6, 6.07) is 19.2. The number of oxazole rings is 1. The van der Waals surface area contributed by atoms with E-state index in [1.54, 1.807) is 0 Å². The van der Waals surface area contributed by atoms with Gasteiger partial charge in [-0.25, -0.2) is 4.98 Å². The van der Waals surface area contributed by atoms with Crippen molar-refractivity contribution in [3.8, 4) is 17.2 Å². The number of amides is 1. The summed E-state index contributed by atoms with van der Waals surface area (Å²) in [5, 5.41) is 5.92. The van der Waals surface area contributed by atoms with E-state index in [4.69, 9.17) is 21.4 Å². The predicted octanol–water partition coefficient (Wildman–Crippen LogP) is 5.31. The Balaban J connectivity index is 1.42. The molecule has 162 valence electrons. The van der Waals surface area contributed by atoms with E-state index >= 15 is 0 Å². The molecule has 0 fully saturated rings. The zero-order valence-corrected chi connectivity index (χ0v) is 18.9. The quantitative estimate of drug-likeness (QED) is 0.405. The summed E-state index contributed by atoms with van der Waals surface area (Å²) in [4.78, 5) is 16.8. The lowest BCUT2D eigenvalue weighted by atomic mass is 10.1. The topological polar surface area (TPSA) is 76.4 Å². The second-order valence-electron chi connectivity index (χ2n) is 7.58. The molecule has 0 radical (unpaired) electrons. The molecule has 6 nitrogen and oxygen atoms in total. The van der Waals surface area contributed by atoms with Crippen LogP contribution in [0.5, 0.6) is 5.75 Å². The number of carbonyl (C=O) groups excluding carboxylic acids is 1. The molecule has 4 rings (SSSR count). The monoisotopic (exact) mass is 445 g/mol. The zero-order valence-electron chi connectivity index (χ0n) is 18.1. The molecule has 4 aromatic rings. The number of ether oxygens (including phenoxy) is 1. The van der Waals surface area contributed by atoms with Crippen molar-refractivity contribution in [1.29, 1.82) is 0 Å². The summed E-state index contributed by atoms with van der Waals surface area (Å²) in [6.45, 7) is 5.76. The van der Waals surface area contributed by atoms with Gasteiger partial charge in [0, 0.05) is 11.3 Å². The molecular weight excluding hydrogens is 422 g/mol. The number of rotatable bonds is 5. The van der Waals surface area contributed by atoms with Gasteiger partial charge in [0.25, 0.3) is 5.91 Å². The summed E-state index contributed by atoms with van der Waals surface area (Å²) >= 11 is 5.32. The number of thiocarbonyl (C=S) groups is 1. The zero-order chi connectivity index (χ0) is 22.7. The van der Waals surface area contributed by atoms with Crippen molar-refractivity contribution < 1.29 is 13.9 Å². The Morgan fingerprint density at radius 1 is 1.03 bits per heavy atom. The van der Waals surface area contributed by atoms with Crippen molar-refractivity contribution in [2.45, 2.75) is 20.8 Å². The summed E-state index contributed by atoms with van der Waals surface area (Å²) in [5.74, 6) is 0.850. The number of benzene rings is 3. The Bertz CT molecular complexity index is 1310. The van der Waals surface area contributed by atoms with Gasteiger partial charge in [-0.1, -0.05) is 30.3 Å². The summed E-state index contributed by atoms with van der Waals surface area (Å²) in [5.41, 5.74) is 6.16. The number of aryl methyl sites for hydroxylation is 3. The Labute approximate surface area is 191 Å². The van der Waals surface area contributed by atoms with Gasteiger partial charge in [-0.05, 0) is 80.0 Å². The van der Waals surface area contributed by atoms with Crippen molar-refractivity contribution in [2.75, 3.05) is 11.9 Å². The van der Waals surface area contributed by atoms with Crippen molar-refractivity contribution in [1.82, 2.24) is 10.3 Å². The third-order valence-electron chi connectivity index (χ3n) is 4.98. The smallest absolute Gasteiger partial charge is 0.264 e. The molecule has 0 aliphatic carbocycles. The minimum atomic E-state index is -0.339. The van der Waals surface area contributed by atoms with Crippen LogP contribution in [0.3, 0.4) is 0 Å². The van der Waals surface area contributed by atoms with Crippen molar-refractivity contribution >= 4 is 40.0 Å². The molecule has 1 aromatic heterocycles. The first-order valence-corrected chi connectivity index (χ1v) is 10.6. The van der Waals surface area contributed by atoms with E-state index in [0.717, 1.165) is 39.0 Å². The number of hydrogen-bond donors (Lipinski definition) is 2. The first-order valence-electron chi connectivity index (χ1n) is 10.2. The highest BCUT2D eigenvalue weighted by molar-refractivity contribution is 7.80. The predicted molar refractivity (Wildman–Crippen MR) is 130 cm³/mol. The number of hydrogen-bond acceptors (Lipinski definition) is 5. The van der Waals surface area contributed by atoms with Crippen LogP contribution in [0.2, 0.25) is 0 Å². The molecule has 0 saturated carbocycles. The fourth-order valence-electron chi connectivity index (χ4n) is 3.23. The van der Waals surface area contributed by atoms with Crippen LogP contribution in [0.1, 0.15) is 16.7 Å². The van der Waals surface area contributed by atoms with Gasteiger partial charge in [0.2, 0.25) is 5.89 Å². The van der Waals surface area contributed by atoms with Crippen molar-refractivity contribution in [3.05, 3.63) is 77.4 Å². The van der Waals surface area contributed by atoms with Crippen LogP contribution in [0.15, 0.2) is 65.1 Å². The van der Waals surface area contributed by atoms with E-state index in [0.29, 0.717) is 11.6 Å². The van der Waals surface area contributed by atoms with Crippen LogP contribution >= 0.6 is 12.2 Å². The summed E-state index contributed by atoms with van der Waals surface area (Å²) < 4.78 is 11.5. The van der Waals surface area contributed by atoms with Gasteiger partial charge < -0.3 is 14.5 Å². The van der Waals surface area contributed by atoms with Crippen molar-refractivity contribution in [2.24, 2.45) is 0 Å². The van der Waals surface area contributed by atoms with Gasteiger partial charge in [0.1, 0.15) is 11.3 Å². The first-order chi connectivity index (χ1) is 15.4. The van der Waals surface area contributed by atoms with E-state index in [-0.39, 0.29) is 17.6 Å². The molecule has 32 heavy (non-hydrogen) atoms. The number of anilines is 1. The van der Waals surface area contributed by atoms with Crippen LogP contribution in [0, 0.1) is 20.8 Å². The molecule has 0 aliphatic rings. The maximum atomic E-state index is 12.2. The van der Waals surface area contributed by atoms with Crippen LogP contribution < -0.4 is 15.4 Å². The lowest BCUT2D eigenvalue weighted by molar-refractivity contribution is -0.121. The van der Waals surface area contributed by atoms with Gasteiger partial charge in [0.15, 0.2) is 17.3 Å². The third kappa shape index (κ3) is 4.95. The Hall–Kier alpha value is -3.71. The molecule has 1 amide bonds. The number of fused-ring (bicyclic) bond motifs is 1. The maximum Gasteiger partial charge on any atom is 0.264 e.